The van der Waals surface area contributed by atoms with Crippen LogP contribution in [-0.4, -0.2) is 42.1 Å². The monoisotopic (exact) mass is 316 g/mol. The lowest BCUT2D eigenvalue weighted by Gasteiger charge is -2.36. The van der Waals surface area contributed by atoms with Crippen LogP contribution >= 0.6 is 11.6 Å². The second kappa shape index (κ2) is 6.28. The fourth-order valence-corrected chi connectivity index (χ4v) is 2.73. The number of phenols is 1. The number of benzene rings is 2. The Morgan fingerprint density at radius 3 is 2.09 bits per heavy atom. The van der Waals surface area contributed by atoms with Gasteiger partial charge >= 0.3 is 0 Å². The van der Waals surface area contributed by atoms with Crippen LogP contribution in [0.15, 0.2) is 48.5 Å². The van der Waals surface area contributed by atoms with Crippen LogP contribution < -0.4 is 4.90 Å². The van der Waals surface area contributed by atoms with E-state index in [1.54, 1.807) is 36.4 Å². The Labute approximate surface area is 134 Å². The predicted molar refractivity (Wildman–Crippen MR) is 87.7 cm³/mol. The van der Waals surface area contributed by atoms with Crippen molar-refractivity contribution in [3.05, 3.63) is 59.1 Å². The van der Waals surface area contributed by atoms with E-state index >= 15 is 0 Å². The maximum atomic E-state index is 12.4. The molecule has 2 aromatic carbocycles. The summed E-state index contributed by atoms with van der Waals surface area (Å²) in [5, 5.41) is 9.97. The molecule has 1 aliphatic heterocycles. The van der Waals surface area contributed by atoms with E-state index in [4.69, 9.17) is 11.6 Å². The predicted octanol–water partition coefficient (Wildman–Crippen LogP) is 3.01. The first-order valence-electron chi connectivity index (χ1n) is 7.22. The Morgan fingerprint density at radius 2 is 1.50 bits per heavy atom. The fraction of sp³-hybridized carbons (Fsp3) is 0.235. The van der Waals surface area contributed by atoms with Crippen molar-refractivity contribution in [3.8, 4) is 5.75 Å². The number of rotatable bonds is 2. The number of hydrogen-bond donors (Lipinski definition) is 1. The maximum Gasteiger partial charge on any atom is 0.253 e. The number of piperazine rings is 1. The molecule has 1 N–H and O–H groups in total. The van der Waals surface area contributed by atoms with Crippen LogP contribution in [0, 0.1) is 0 Å². The number of aromatic hydroxyl groups is 1. The van der Waals surface area contributed by atoms with E-state index in [9.17, 15) is 9.90 Å². The lowest BCUT2D eigenvalue weighted by atomic mass is 10.1. The summed E-state index contributed by atoms with van der Waals surface area (Å²) in [6.07, 6.45) is 0. The molecule has 1 aliphatic rings. The first kappa shape index (κ1) is 14.7. The topological polar surface area (TPSA) is 43.8 Å². The number of halogens is 1. The van der Waals surface area contributed by atoms with Crippen molar-refractivity contribution < 1.29 is 9.90 Å². The molecule has 1 amide bonds. The molecule has 0 radical (unpaired) electrons. The standard InChI is InChI=1S/C17H17ClN2O2/c18-14-3-1-13(2-4-14)17(22)20-11-9-19(10-12-20)15-5-7-16(21)8-6-15/h1-8,21H,9-12H2. The number of hydrogen-bond acceptors (Lipinski definition) is 3. The second-order valence-electron chi connectivity index (χ2n) is 5.30. The number of carbonyl (C=O) groups is 1. The molecule has 0 aromatic heterocycles. The van der Waals surface area contributed by atoms with Crippen molar-refractivity contribution >= 4 is 23.2 Å². The highest BCUT2D eigenvalue weighted by molar-refractivity contribution is 6.30. The molecule has 0 bridgehead atoms. The van der Waals surface area contributed by atoms with Gasteiger partial charge < -0.3 is 14.9 Å². The maximum absolute atomic E-state index is 12.4. The molecule has 4 nitrogen and oxygen atoms in total. The molecule has 3 rings (SSSR count). The molecule has 0 saturated carbocycles. The molecule has 2 aromatic rings. The minimum absolute atomic E-state index is 0.0435. The number of anilines is 1. The molecule has 0 spiro atoms. The highest BCUT2D eigenvalue weighted by Crippen LogP contribution is 2.20. The van der Waals surface area contributed by atoms with Gasteiger partial charge in [0.15, 0.2) is 0 Å². The summed E-state index contributed by atoms with van der Waals surface area (Å²) in [5.74, 6) is 0.308. The van der Waals surface area contributed by atoms with Crippen molar-refractivity contribution in [1.29, 1.82) is 0 Å². The molecule has 0 atom stereocenters. The summed E-state index contributed by atoms with van der Waals surface area (Å²) in [4.78, 5) is 16.5. The second-order valence-corrected chi connectivity index (χ2v) is 5.74. The summed E-state index contributed by atoms with van der Waals surface area (Å²) >= 11 is 5.85. The van der Waals surface area contributed by atoms with Gasteiger partial charge in [-0.3, -0.25) is 4.79 Å². The van der Waals surface area contributed by atoms with Crippen LogP contribution in [0.3, 0.4) is 0 Å². The summed E-state index contributed by atoms with van der Waals surface area (Å²) in [6, 6.07) is 14.1. The minimum atomic E-state index is 0.0435. The Bertz CT molecular complexity index is 647. The zero-order valence-corrected chi connectivity index (χ0v) is 12.8. The summed E-state index contributed by atoms with van der Waals surface area (Å²) < 4.78 is 0. The van der Waals surface area contributed by atoms with Crippen LogP contribution in [0.5, 0.6) is 5.75 Å². The fourth-order valence-electron chi connectivity index (χ4n) is 2.61. The summed E-state index contributed by atoms with van der Waals surface area (Å²) in [5.41, 5.74) is 1.74. The molecule has 1 fully saturated rings. The van der Waals surface area contributed by atoms with Gasteiger partial charge in [0.1, 0.15) is 5.75 Å². The van der Waals surface area contributed by atoms with E-state index < -0.39 is 0 Å². The van der Waals surface area contributed by atoms with Gasteiger partial charge in [-0.2, -0.15) is 0 Å². The summed E-state index contributed by atoms with van der Waals surface area (Å²) in [7, 11) is 0. The van der Waals surface area contributed by atoms with Crippen LogP contribution in [-0.2, 0) is 0 Å². The van der Waals surface area contributed by atoms with Gasteiger partial charge in [0.25, 0.3) is 5.91 Å². The smallest absolute Gasteiger partial charge is 0.253 e. The largest absolute Gasteiger partial charge is 0.508 e. The van der Waals surface area contributed by atoms with E-state index in [2.05, 4.69) is 4.90 Å². The Morgan fingerprint density at radius 1 is 0.909 bits per heavy atom. The van der Waals surface area contributed by atoms with Gasteiger partial charge in [-0.15, -0.1) is 0 Å². The molecule has 5 heteroatoms. The average molecular weight is 317 g/mol. The van der Waals surface area contributed by atoms with Crippen LogP contribution in [0.25, 0.3) is 0 Å². The number of amides is 1. The highest BCUT2D eigenvalue weighted by Gasteiger charge is 2.22. The van der Waals surface area contributed by atoms with Gasteiger partial charge in [-0.05, 0) is 48.5 Å². The van der Waals surface area contributed by atoms with E-state index in [0.29, 0.717) is 23.7 Å². The lowest BCUT2D eigenvalue weighted by molar-refractivity contribution is 0.0747. The first-order chi connectivity index (χ1) is 10.6. The van der Waals surface area contributed by atoms with Crippen molar-refractivity contribution in [1.82, 2.24) is 4.90 Å². The van der Waals surface area contributed by atoms with Crippen molar-refractivity contribution in [3.63, 3.8) is 0 Å². The third kappa shape index (κ3) is 3.17. The van der Waals surface area contributed by atoms with Gasteiger partial charge in [0.05, 0.1) is 0 Å². The van der Waals surface area contributed by atoms with E-state index in [0.717, 1.165) is 18.8 Å². The zero-order chi connectivity index (χ0) is 15.5. The zero-order valence-electron chi connectivity index (χ0n) is 12.1. The number of nitrogens with zero attached hydrogens (tertiary/aromatic N) is 2. The van der Waals surface area contributed by atoms with Crippen molar-refractivity contribution in [2.24, 2.45) is 0 Å². The quantitative estimate of drug-likeness (QED) is 0.926. The van der Waals surface area contributed by atoms with E-state index in [1.807, 2.05) is 17.0 Å². The summed E-state index contributed by atoms with van der Waals surface area (Å²) in [6.45, 7) is 2.93. The van der Waals surface area contributed by atoms with Crippen LogP contribution in [0.4, 0.5) is 5.69 Å². The van der Waals surface area contributed by atoms with E-state index in [1.165, 1.54) is 0 Å². The third-order valence-electron chi connectivity index (χ3n) is 3.87. The first-order valence-corrected chi connectivity index (χ1v) is 7.60. The lowest BCUT2D eigenvalue weighted by Crippen LogP contribution is -2.48. The Hall–Kier alpha value is -2.20. The molecule has 1 saturated heterocycles. The van der Waals surface area contributed by atoms with Crippen molar-refractivity contribution in [2.45, 2.75) is 0 Å². The Kier molecular flexibility index (Phi) is 4.20. The molecule has 0 unspecified atom stereocenters. The Balaban J connectivity index is 1.62. The normalized spacial score (nSPS) is 15.0. The average Bonchev–Trinajstić information content (AvgIpc) is 2.56. The van der Waals surface area contributed by atoms with Crippen molar-refractivity contribution in [2.75, 3.05) is 31.1 Å². The van der Waals surface area contributed by atoms with Gasteiger partial charge in [-0.1, -0.05) is 11.6 Å². The SMILES string of the molecule is O=C(c1ccc(Cl)cc1)N1CCN(c2ccc(O)cc2)CC1. The number of carbonyl (C=O) groups excluding carboxylic acids is 1. The number of phenolic OH excluding ortho intramolecular Hbond substituents is 1. The molecule has 114 valence electrons. The van der Waals surface area contributed by atoms with Gasteiger partial charge in [0.2, 0.25) is 0 Å². The molecule has 1 heterocycles. The van der Waals surface area contributed by atoms with Crippen LogP contribution in [0.2, 0.25) is 5.02 Å². The third-order valence-corrected chi connectivity index (χ3v) is 4.12. The van der Waals surface area contributed by atoms with Crippen LogP contribution in [0.1, 0.15) is 10.4 Å². The molecule has 22 heavy (non-hydrogen) atoms. The molecule has 0 aliphatic carbocycles. The highest BCUT2D eigenvalue weighted by atomic mass is 35.5. The molecular weight excluding hydrogens is 300 g/mol. The van der Waals surface area contributed by atoms with Gasteiger partial charge in [-0.25, -0.2) is 0 Å². The van der Waals surface area contributed by atoms with E-state index in [-0.39, 0.29) is 11.7 Å². The molecular formula is C17H17ClN2O2. The minimum Gasteiger partial charge on any atom is -0.508 e. The van der Waals surface area contributed by atoms with Gasteiger partial charge in [0, 0.05) is 42.5 Å².